The van der Waals surface area contributed by atoms with Crippen molar-refractivity contribution in [3.05, 3.63) is 34.5 Å². The van der Waals surface area contributed by atoms with Crippen LogP contribution in [-0.4, -0.2) is 48.9 Å². The van der Waals surface area contributed by atoms with Crippen LogP contribution in [0.5, 0.6) is 0 Å². The third kappa shape index (κ3) is 2.96. The lowest BCUT2D eigenvalue weighted by Gasteiger charge is -2.34. The van der Waals surface area contributed by atoms with Crippen LogP contribution in [0.25, 0.3) is 0 Å². The Morgan fingerprint density at radius 2 is 1.95 bits per heavy atom. The van der Waals surface area contributed by atoms with Gasteiger partial charge in [0.2, 0.25) is 0 Å². The Labute approximate surface area is 135 Å². The van der Waals surface area contributed by atoms with Gasteiger partial charge in [0.15, 0.2) is 0 Å². The van der Waals surface area contributed by atoms with Gasteiger partial charge in [-0.2, -0.15) is 4.31 Å². The Morgan fingerprint density at radius 3 is 2.52 bits per heavy atom. The fraction of sp³-hybridized carbons (Fsp3) is 0.333. The highest BCUT2D eigenvalue weighted by atomic mass is 79.9. The number of hydrogen-bond donors (Lipinski definition) is 0. The highest BCUT2D eigenvalue weighted by molar-refractivity contribution is 9.10. The molecule has 2 aromatic heterocycles. The molecule has 21 heavy (non-hydrogen) atoms. The summed E-state index contributed by atoms with van der Waals surface area (Å²) < 4.78 is 27.7. The first-order valence-electron chi connectivity index (χ1n) is 6.33. The molecule has 3 rings (SSSR count). The van der Waals surface area contributed by atoms with Crippen LogP contribution >= 0.6 is 27.3 Å². The van der Waals surface area contributed by atoms with Gasteiger partial charge in [0.05, 0.1) is 6.20 Å². The number of halogens is 1. The SMILES string of the molecule is O=S(=O)(c1sccc1Br)N1CCN(c2cnccn2)CC1. The molecular formula is C12H13BrN4O2S2. The van der Waals surface area contributed by atoms with E-state index in [2.05, 4.69) is 25.9 Å². The number of thiophene rings is 1. The maximum Gasteiger partial charge on any atom is 0.253 e. The molecule has 1 aliphatic heterocycles. The average molecular weight is 389 g/mol. The fourth-order valence-corrected chi connectivity index (χ4v) is 6.07. The Hall–Kier alpha value is -1.03. The van der Waals surface area contributed by atoms with Crippen molar-refractivity contribution in [2.45, 2.75) is 4.21 Å². The summed E-state index contributed by atoms with van der Waals surface area (Å²) in [5.74, 6) is 0.784. The molecule has 0 amide bonds. The van der Waals surface area contributed by atoms with Crippen LogP contribution in [0.15, 0.2) is 38.7 Å². The highest BCUT2D eigenvalue weighted by Crippen LogP contribution is 2.30. The number of nitrogens with zero attached hydrogens (tertiary/aromatic N) is 4. The van der Waals surface area contributed by atoms with Gasteiger partial charge in [0.1, 0.15) is 10.0 Å². The number of anilines is 1. The number of sulfonamides is 1. The minimum Gasteiger partial charge on any atom is -0.353 e. The molecule has 1 saturated heterocycles. The summed E-state index contributed by atoms with van der Waals surface area (Å²) in [6, 6.07) is 1.76. The zero-order valence-electron chi connectivity index (χ0n) is 11.0. The largest absolute Gasteiger partial charge is 0.353 e. The minimum absolute atomic E-state index is 0.371. The second-order valence-electron chi connectivity index (χ2n) is 4.51. The van der Waals surface area contributed by atoms with Crippen molar-refractivity contribution in [2.75, 3.05) is 31.1 Å². The van der Waals surface area contributed by atoms with E-state index < -0.39 is 10.0 Å². The molecule has 112 valence electrons. The fourth-order valence-electron chi connectivity index (χ4n) is 2.19. The maximum atomic E-state index is 12.6. The third-order valence-electron chi connectivity index (χ3n) is 3.27. The topological polar surface area (TPSA) is 66.4 Å². The second kappa shape index (κ2) is 5.99. The summed E-state index contributed by atoms with van der Waals surface area (Å²) in [5.41, 5.74) is 0. The van der Waals surface area contributed by atoms with E-state index in [1.165, 1.54) is 15.6 Å². The number of aromatic nitrogens is 2. The molecule has 2 aromatic rings. The summed E-state index contributed by atoms with van der Waals surface area (Å²) in [6.45, 7) is 2.12. The van der Waals surface area contributed by atoms with Crippen LogP contribution in [-0.2, 0) is 10.0 Å². The minimum atomic E-state index is -3.41. The lowest BCUT2D eigenvalue weighted by atomic mass is 10.3. The zero-order valence-corrected chi connectivity index (χ0v) is 14.2. The van der Waals surface area contributed by atoms with Gasteiger partial charge in [0, 0.05) is 43.0 Å². The van der Waals surface area contributed by atoms with Crippen LogP contribution < -0.4 is 4.90 Å². The number of piperazine rings is 1. The van der Waals surface area contributed by atoms with Crippen molar-refractivity contribution in [3.63, 3.8) is 0 Å². The molecule has 0 bridgehead atoms. The van der Waals surface area contributed by atoms with Crippen LogP contribution in [0.4, 0.5) is 5.82 Å². The van der Waals surface area contributed by atoms with Gasteiger partial charge in [0.25, 0.3) is 10.0 Å². The number of hydrogen-bond acceptors (Lipinski definition) is 6. The van der Waals surface area contributed by atoms with Gasteiger partial charge in [-0.05, 0) is 27.4 Å². The van der Waals surface area contributed by atoms with Crippen LogP contribution in [0, 0.1) is 0 Å². The first-order chi connectivity index (χ1) is 10.1. The van der Waals surface area contributed by atoms with Crippen molar-refractivity contribution >= 4 is 43.1 Å². The second-order valence-corrected chi connectivity index (χ2v) is 8.41. The van der Waals surface area contributed by atoms with E-state index in [4.69, 9.17) is 0 Å². The average Bonchev–Trinajstić information content (AvgIpc) is 2.95. The first kappa shape index (κ1) is 14.9. The van der Waals surface area contributed by atoms with Gasteiger partial charge in [-0.3, -0.25) is 4.98 Å². The molecule has 0 spiro atoms. The first-order valence-corrected chi connectivity index (χ1v) is 9.44. The Morgan fingerprint density at radius 1 is 1.19 bits per heavy atom. The van der Waals surface area contributed by atoms with Crippen molar-refractivity contribution in [2.24, 2.45) is 0 Å². The molecule has 0 aliphatic carbocycles. The predicted octanol–water partition coefficient (Wildman–Crippen LogP) is 1.81. The summed E-state index contributed by atoms with van der Waals surface area (Å²) in [6.07, 6.45) is 4.96. The highest BCUT2D eigenvalue weighted by Gasteiger charge is 2.31. The summed E-state index contributed by atoms with van der Waals surface area (Å²) in [4.78, 5) is 10.3. The van der Waals surface area contributed by atoms with Gasteiger partial charge in [-0.1, -0.05) is 0 Å². The van der Waals surface area contributed by atoms with Crippen molar-refractivity contribution in [1.29, 1.82) is 0 Å². The monoisotopic (exact) mass is 388 g/mol. The Kier molecular flexibility index (Phi) is 4.25. The Balaban J connectivity index is 1.73. The van der Waals surface area contributed by atoms with Crippen LogP contribution in [0.1, 0.15) is 0 Å². The van der Waals surface area contributed by atoms with Crippen LogP contribution in [0.2, 0.25) is 0 Å². The van der Waals surface area contributed by atoms with E-state index in [-0.39, 0.29) is 0 Å². The van der Waals surface area contributed by atoms with Gasteiger partial charge in [-0.25, -0.2) is 13.4 Å². The quantitative estimate of drug-likeness (QED) is 0.801. The number of rotatable bonds is 3. The molecule has 0 N–H and O–H groups in total. The molecule has 9 heteroatoms. The molecule has 0 atom stereocenters. The molecule has 6 nitrogen and oxygen atoms in total. The summed E-state index contributed by atoms with van der Waals surface area (Å²) in [5, 5.41) is 1.77. The van der Waals surface area contributed by atoms with Crippen molar-refractivity contribution < 1.29 is 8.42 Å². The molecule has 0 aromatic carbocycles. The molecule has 0 unspecified atom stereocenters. The zero-order chi connectivity index (χ0) is 14.9. The van der Waals surface area contributed by atoms with Crippen molar-refractivity contribution in [1.82, 2.24) is 14.3 Å². The van der Waals surface area contributed by atoms with E-state index >= 15 is 0 Å². The van der Waals surface area contributed by atoms with Gasteiger partial charge in [-0.15, -0.1) is 11.3 Å². The van der Waals surface area contributed by atoms with E-state index in [0.717, 1.165) is 5.82 Å². The lowest BCUT2D eigenvalue weighted by molar-refractivity contribution is 0.384. The summed E-state index contributed by atoms with van der Waals surface area (Å²) in [7, 11) is -3.41. The third-order valence-corrected chi connectivity index (χ3v) is 7.82. The lowest BCUT2D eigenvalue weighted by Crippen LogP contribution is -2.48. The molecular weight excluding hydrogens is 376 g/mol. The Bertz CT molecular complexity index is 712. The van der Waals surface area contributed by atoms with E-state index in [0.29, 0.717) is 34.9 Å². The normalized spacial score (nSPS) is 17.1. The molecule has 1 aliphatic rings. The molecule has 0 saturated carbocycles. The van der Waals surface area contributed by atoms with E-state index in [1.54, 1.807) is 30.0 Å². The maximum absolute atomic E-state index is 12.6. The van der Waals surface area contributed by atoms with E-state index in [9.17, 15) is 8.42 Å². The summed E-state index contributed by atoms with van der Waals surface area (Å²) >= 11 is 4.53. The smallest absolute Gasteiger partial charge is 0.253 e. The molecule has 3 heterocycles. The standard InChI is InChI=1S/C12H13BrN4O2S2/c13-10-1-8-20-12(10)21(18,19)17-6-4-16(5-7-17)11-9-14-2-3-15-11/h1-3,8-9H,4-7H2. The molecule has 0 radical (unpaired) electrons. The van der Waals surface area contributed by atoms with Crippen molar-refractivity contribution in [3.8, 4) is 0 Å². The predicted molar refractivity (Wildman–Crippen MR) is 85.0 cm³/mol. The van der Waals surface area contributed by atoms with Crippen LogP contribution in [0.3, 0.4) is 0 Å². The molecule has 1 fully saturated rings. The van der Waals surface area contributed by atoms with Gasteiger partial charge >= 0.3 is 0 Å². The van der Waals surface area contributed by atoms with E-state index in [1.807, 2.05) is 4.90 Å². The van der Waals surface area contributed by atoms with Gasteiger partial charge < -0.3 is 4.90 Å².